The number of carbonyl (C=O) groups is 1. The molecule has 2 aromatic rings. The Labute approximate surface area is 207 Å². The third-order valence-corrected chi connectivity index (χ3v) is 6.03. The van der Waals surface area contributed by atoms with Gasteiger partial charge in [-0.3, -0.25) is 0 Å². The van der Waals surface area contributed by atoms with Gasteiger partial charge in [-0.05, 0) is 86.2 Å². The number of benzene rings is 2. The minimum absolute atomic E-state index is 0.0558. The van der Waals surface area contributed by atoms with Gasteiger partial charge in [-0.1, -0.05) is 28.4 Å². The lowest BCUT2D eigenvalue weighted by Gasteiger charge is -2.29. The van der Waals surface area contributed by atoms with E-state index >= 15 is 0 Å². The molecule has 1 aliphatic heterocycles. The van der Waals surface area contributed by atoms with Gasteiger partial charge in [0.1, 0.15) is 5.60 Å². The Balaban J connectivity index is 1.99. The molecule has 2 aromatic carbocycles. The van der Waals surface area contributed by atoms with E-state index in [0.29, 0.717) is 20.3 Å². The standard InChI is InChI=1S/C22H19Cl2F3INO3/c1-11-5-12(6-16(28)18(11)19(30)31-20(2,3)4)17-10-21(32-29-17,22(25,26)27)13-7-14(23)9-15(24)8-13/h5-9H,10H2,1-4H3. The van der Waals surface area contributed by atoms with Crippen LogP contribution in [0.15, 0.2) is 35.5 Å². The molecule has 0 bridgehead atoms. The van der Waals surface area contributed by atoms with Gasteiger partial charge < -0.3 is 9.57 Å². The maximum atomic E-state index is 14.2. The Morgan fingerprint density at radius 2 is 1.72 bits per heavy atom. The van der Waals surface area contributed by atoms with E-state index in [2.05, 4.69) is 5.16 Å². The van der Waals surface area contributed by atoms with Crippen LogP contribution < -0.4 is 0 Å². The normalized spacial score (nSPS) is 18.9. The van der Waals surface area contributed by atoms with Gasteiger partial charge in [0.15, 0.2) is 0 Å². The van der Waals surface area contributed by atoms with Crippen LogP contribution in [0.1, 0.15) is 54.2 Å². The first-order valence-electron chi connectivity index (χ1n) is 9.45. The van der Waals surface area contributed by atoms with Crippen LogP contribution in [0.3, 0.4) is 0 Å². The van der Waals surface area contributed by atoms with Crippen molar-refractivity contribution in [3.63, 3.8) is 0 Å². The number of nitrogens with zero attached hydrogens (tertiary/aromatic N) is 1. The minimum Gasteiger partial charge on any atom is -0.456 e. The topological polar surface area (TPSA) is 47.9 Å². The van der Waals surface area contributed by atoms with Gasteiger partial charge in [0.2, 0.25) is 0 Å². The van der Waals surface area contributed by atoms with E-state index in [1.54, 1.807) is 39.8 Å². The predicted molar refractivity (Wildman–Crippen MR) is 125 cm³/mol. The summed E-state index contributed by atoms with van der Waals surface area (Å²) < 4.78 is 48.5. The number of alkyl halides is 3. The Bertz CT molecular complexity index is 1070. The van der Waals surface area contributed by atoms with E-state index in [9.17, 15) is 18.0 Å². The average molecular weight is 600 g/mol. The minimum atomic E-state index is -4.79. The van der Waals surface area contributed by atoms with E-state index in [1.165, 1.54) is 18.2 Å². The van der Waals surface area contributed by atoms with Crippen LogP contribution >= 0.6 is 45.8 Å². The second-order valence-electron chi connectivity index (χ2n) is 8.44. The van der Waals surface area contributed by atoms with Crippen LogP contribution in [0.5, 0.6) is 0 Å². The van der Waals surface area contributed by atoms with Gasteiger partial charge in [0.05, 0.1) is 11.3 Å². The lowest BCUT2D eigenvalue weighted by molar-refractivity contribution is -0.275. The number of halogens is 6. The molecule has 0 N–H and O–H groups in total. The molecule has 1 atom stereocenters. The first-order valence-corrected chi connectivity index (χ1v) is 11.3. The Kier molecular flexibility index (Phi) is 6.81. The van der Waals surface area contributed by atoms with Crippen molar-refractivity contribution in [1.82, 2.24) is 0 Å². The lowest BCUT2D eigenvalue weighted by Crippen LogP contribution is -2.42. The third-order valence-electron chi connectivity index (χ3n) is 4.74. The lowest BCUT2D eigenvalue weighted by atomic mass is 9.86. The highest BCUT2D eigenvalue weighted by molar-refractivity contribution is 14.1. The van der Waals surface area contributed by atoms with Crippen molar-refractivity contribution in [1.29, 1.82) is 0 Å². The molecule has 32 heavy (non-hydrogen) atoms. The van der Waals surface area contributed by atoms with E-state index in [0.717, 1.165) is 0 Å². The summed E-state index contributed by atoms with van der Waals surface area (Å²) in [5.74, 6) is -0.506. The molecule has 0 saturated heterocycles. The summed E-state index contributed by atoms with van der Waals surface area (Å²) in [6.45, 7) is 6.95. The monoisotopic (exact) mass is 599 g/mol. The summed E-state index contributed by atoms with van der Waals surface area (Å²) >= 11 is 13.8. The van der Waals surface area contributed by atoms with Crippen molar-refractivity contribution in [2.45, 2.75) is 51.5 Å². The smallest absolute Gasteiger partial charge is 0.435 e. The summed E-state index contributed by atoms with van der Waals surface area (Å²) in [6, 6.07) is 6.86. The quantitative estimate of drug-likeness (QED) is 0.272. The fourth-order valence-electron chi connectivity index (χ4n) is 3.34. The number of carbonyl (C=O) groups excluding carboxylic acids is 1. The van der Waals surface area contributed by atoms with Crippen molar-refractivity contribution < 1.29 is 27.5 Å². The van der Waals surface area contributed by atoms with Gasteiger partial charge in [-0.25, -0.2) is 4.79 Å². The number of aryl methyl sites for hydroxylation is 1. The fraction of sp³-hybridized carbons (Fsp3) is 0.364. The first-order chi connectivity index (χ1) is 14.6. The van der Waals surface area contributed by atoms with Crippen molar-refractivity contribution >= 4 is 57.5 Å². The van der Waals surface area contributed by atoms with Crippen LogP contribution in [0, 0.1) is 10.5 Å². The molecule has 0 fully saturated rings. The number of esters is 1. The Morgan fingerprint density at radius 1 is 1.12 bits per heavy atom. The Morgan fingerprint density at radius 3 is 2.22 bits per heavy atom. The van der Waals surface area contributed by atoms with Gasteiger partial charge in [0, 0.05) is 31.2 Å². The SMILES string of the molecule is Cc1cc(C2=NOC(c3cc(Cl)cc(Cl)c3)(C(F)(F)F)C2)cc(I)c1C(=O)OC(C)(C)C. The van der Waals surface area contributed by atoms with Gasteiger partial charge in [-0.15, -0.1) is 0 Å². The predicted octanol–water partition coefficient (Wildman–Crippen LogP) is 7.44. The van der Waals surface area contributed by atoms with Crippen LogP contribution in [0.2, 0.25) is 10.0 Å². The highest BCUT2D eigenvalue weighted by Gasteiger charge is 2.62. The maximum Gasteiger partial charge on any atom is 0.435 e. The molecule has 1 aliphatic rings. The van der Waals surface area contributed by atoms with Crippen molar-refractivity contribution in [3.8, 4) is 0 Å². The summed E-state index contributed by atoms with van der Waals surface area (Å²) in [5.41, 5.74) is -2.22. The highest BCUT2D eigenvalue weighted by atomic mass is 127. The van der Waals surface area contributed by atoms with Crippen LogP contribution in [-0.2, 0) is 15.2 Å². The van der Waals surface area contributed by atoms with Gasteiger partial charge >= 0.3 is 12.1 Å². The molecule has 0 radical (unpaired) electrons. The van der Waals surface area contributed by atoms with E-state index in [4.69, 9.17) is 32.8 Å². The van der Waals surface area contributed by atoms with Crippen LogP contribution in [0.25, 0.3) is 0 Å². The van der Waals surface area contributed by atoms with Crippen molar-refractivity contribution in [2.24, 2.45) is 5.16 Å². The first kappa shape index (κ1) is 25.1. The van der Waals surface area contributed by atoms with E-state index in [-0.39, 0.29) is 21.3 Å². The van der Waals surface area contributed by atoms with Crippen molar-refractivity contribution in [3.05, 3.63) is 66.2 Å². The number of hydrogen-bond acceptors (Lipinski definition) is 4. The van der Waals surface area contributed by atoms with Crippen molar-refractivity contribution in [2.75, 3.05) is 0 Å². The highest BCUT2D eigenvalue weighted by Crippen LogP contribution is 2.49. The fourth-order valence-corrected chi connectivity index (χ4v) is 4.85. The molecule has 10 heteroatoms. The molecular formula is C22H19Cl2F3INO3. The van der Waals surface area contributed by atoms with Crippen LogP contribution in [0.4, 0.5) is 13.2 Å². The molecule has 1 unspecified atom stereocenters. The van der Waals surface area contributed by atoms with Gasteiger partial charge in [-0.2, -0.15) is 13.2 Å². The third kappa shape index (κ3) is 5.02. The zero-order valence-corrected chi connectivity index (χ0v) is 21.2. The largest absolute Gasteiger partial charge is 0.456 e. The molecular weight excluding hydrogens is 581 g/mol. The summed E-state index contributed by atoms with van der Waals surface area (Å²) in [6.07, 6.45) is -5.36. The zero-order valence-electron chi connectivity index (χ0n) is 17.5. The molecule has 0 aliphatic carbocycles. The van der Waals surface area contributed by atoms with E-state index in [1.807, 2.05) is 22.6 Å². The summed E-state index contributed by atoms with van der Waals surface area (Å²) in [5, 5.41) is 3.88. The van der Waals surface area contributed by atoms with E-state index < -0.39 is 29.8 Å². The Hall–Kier alpha value is -1.52. The number of ether oxygens (including phenoxy) is 1. The second-order valence-corrected chi connectivity index (χ2v) is 10.5. The summed E-state index contributed by atoms with van der Waals surface area (Å²) in [7, 11) is 0. The summed E-state index contributed by atoms with van der Waals surface area (Å²) in [4.78, 5) is 17.6. The molecule has 0 saturated carbocycles. The molecule has 3 rings (SSSR count). The number of hydrogen-bond donors (Lipinski definition) is 0. The molecule has 0 spiro atoms. The van der Waals surface area contributed by atoms with Gasteiger partial charge in [0.25, 0.3) is 5.60 Å². The van der Waals surface area contributed by atoms with Crippen LogP contribution in [-0.4, -0.2) is 23.5 Å². The second kappa shape index (κ2) is 8.68. The molecule has 0 aromatic heterocycles. The number of oxime groups is 1. The molecule has 0 amide bonds. The number of rotatable bonds is 3. The zero-order chi connectivity index (χ0) is 24.1. The average Bonchev–Trinajstić information content (AvgIpc) is 3.05. The molecule has 172 valence electrons. The molecule has 1 heterocycles. The molecule has 4 nitrogen and oxygen atoms in total. The maximum absolute atomic E-state index is 14.2.